The fourth-order valence-corrected chi connectivity index (χ4v) is 2.93. The molecule has 1 N–H and O–H groups in total. The van der Waals surface area contributed by atoms with Crippen LogP contribution in [0.2, 0.25) is 0 Å². The summed E-state index contributed by atoms with van der Waals surface area (Å²) >= 11 is 0. The number of halogens is 4. The van der Waals surface area contributed by atoms with E-state index in [2.05, 4.69) is 9.98 Å². The first-order valence-corrected chi connectivity index (χ1v) is 7.67. The van der Waals surface area contributed by atoms with Gasteiger partial charge in [-0.25, -0.2) is 17.6 Å². The van der Waals surface area contributed by atoms with Crippen molar-refractivity contribution in [1.29, 1.82) is 0 Å². The zero-order chi connectivity index (χ0) is 19.3. The van der Waals surface area contributed by atoms with E-state index in [1.807, 2.05) is 0 Å². The maximum absolute atomic E-state index is 14.7. The van der Waals surface area contributed by atoms with E-state index < -0.39 is 51.4 Å². The number of phenolic OH excluding ortho intramolecular Hbond substituents is 1. The highest BCUT2D eigenvalue weighted by molar-refractivity contribution is 6.15. The van der Waals surface area contributed by atoms with Crippen molar-refractivity contribution in [3.05, 3.63) is 87.1 Å². The Hall–Kier alpha value is -3.49. The van der Waals surface area contributed by atoms with Crippen molar-refractivity contribution in [3.8, 4) is 11.4 Å². The minimum absolute atomic E-state index is 0.00482. The van der Waals surface area contributed by atoms with Crippen molar-refractivity contribution in [2.45, 2.75) is 6.54 Å². The SMILES string of the molecule is O=c1ccn2c(n1)CN=C(c1c(F)ccc(O)c1F)c1c-2ccc(F)c1F. The zero-order valence-electron chi connectivity index (χ0n) is 13.4. The summed E-state index contributed by atoms with van der Waals surface area (Å²) in [6, 6.07) is 4.71. The summed E-state index contributed by atoms with van der Waals surface area (Å²) < 4.78 is 58.7. The summed E-state index contributed by atoms with van der Waals surface area (Å²) in [6.07, 6.45) is 1.29. The molecule has 0 aliphatic carbocycles. The lowest BCUT2D eigenvalue weighted by molar-refractivity contribution is 0.427. The molecule has 0 bridgehead atoms. The Labute approximate surface area is 148 Å². The van der Waals surface area contributed by atoms with E-state index in [0.717, 1.165) is 24.3 Å². The van der Waals surface area contributed by atoms with Crippen LogP contribution in [0.5, 0.6) is 5.75 Å². The predicted octanol–water partition coefficient (Wildman–Crippen LogP) is 2.85. The van der Waals surface area contributed by atoms with E-state index in [0.29, 0.717) is 0 Å². The molecule has 1 aliphatic rings. The van der Waals surface area contributed by atoms with Gasteiger partial charge in [-0.05, 0) is 24.3 Å². The molecule has 0 fully saturated rings. The van der Waals surface area contributed by atoms with Crippen LogP contribution < -0.4 is 5.56 Å². The number of aromatic nitrogens is 2. The summed E-state index contributed by atoms with van der Waals surface area (Å²) in [5, 5.41) is 9.58. The van der Waals surface area contributed by atoms with Crippen molar-refractivity contribution in [2.24, 2.45) is 4.99 Å². The fourth-order valence-electron chi connectivity index (χ4n) is 2.93. The van der Waals surface area contributed by atoms with Crippen LogP contribution in [0.4, 0.5) is 17.6 Å². The highest BCUT2D eigenvalue weighted by atomic mass is 19.2. The van der Waals surface area contributed by atoms with Gasteiger partial charge >= 0.3 is 0 Å². The van der Waals surface area contributed by atoms with Crippen molar-refractivity contribution in [2.75, 3.05) is 0 Å². The van der Waals surface area contributed by atoms with Gasteiger partial charge in [0, 0.05) is 12.3 Å². The van der Waals surface area contributed by atoms with Crippen LogP contribution in [0.15, 0.2) is 46.3 Å². The van der Waals surface area contributed by atoms with E-state index in [9.17, 15) is 27.5 Å². The Balaban J connectivity index is 2.12. The van der Waals surface area contributed by atoms with Gasteiger partial charge in [-0.15, -0.1) is 0 Å². The molecular weight excluding hydrogens is 366 g/mol. The van der Waals surface area contributed by atoms with Gasteiger partial charge in [-0.3, -0.25) is 9.79 Å². The number of rotatable bonds is 1. The van der Waals surface area contributed by atoms with Crippen LogP contribution in [-0.2, 0) is 6.54 Å². The second-order valence-corrected chi connectivity index (χ2v) is 5.73. The number of fused-ring (bicyclic) bond motifs is 3. The highest BCUT2D eigenvalue weighted by Crippen LogP contribution is 2.31. The lowest BCUT2D eigenvalue weighted by Gasteiger charge is -2.15. The van der Waals surface area contributed by atoms with Gasteiger partial charge in [-0.1, -0.05) is 0 Å². The second-order valence-electron chi connectivity index (χ2n) is 5.73. The Bertz CT molecular complexity index is 1190. The number of hydrogen-bond donors (Lipinski definition) is 1. The van der Waals surface area contributed by atoms with Crippen molar-refractivity contribution in [1.82, 2.24) is 9.55 Å². The van der Waals surface area contributed by atoms with Crippen LogP contribution in [0.25, 0.3) is 5.69 Å². The van der Waals surface area contributed by atoms with Crippen LogP contribution in [0, 0.1) is 23.3 Å². The third kappa shape index (κ3) is 2.59. The molecule has 2 aromatic carbocycles. The Kier molecular flexibility index (Phi) is 3.79. The first-order chi connectivity index (χ1) is 12.9. The van der Waals surface area contributed by atoms with Gasteiger partial charge in [0.2, 0.25) is 0 Å². The quantitative estimate of drug-likeness (QED) is 0.665. The molecule has 0 saturated carbocycles. The summed E-state index contributed by atoms with van der Waals surface area (Å²) in [6.45, 7) is -0.324. The van der Waals surface area contributed by atoms with Crippen molar-refractivity contribution >= 4 is 5.71 Å². The smallest absolute Gasteiger partial charge is 0.272 e. The van der Waals surface area contributed by atoms with Crippen LogP contribution in [0.1, 0.15) is 17.0 Å². The molecule has 136 valence electrons. The second kappa shape index (κ2) is 6.04. The van der Waals surface area contributed by atoms with Crippen LogP contribution in [-0.4, -0.2) is 20.4 Å². The topological polar surface area (TPSA) is 67.5 Å². The van der Waals surface area contributed by atoms with Crippen LogP contribution >= 0.6 is 0 Å². The monoisotopic (exact) mass is 375 g/mol. The molecule has 0 atom stereocenters. The standard InChI is InChI=1S/C18H9F4N3O2/c19-8-2-4-11(26)17(22)14(8)18-15-10(3-1-9(20)16(15)21)25-6-5-13(27)24-12(25)7-23-18/h1-6,26H,7H2. The number of benzene rings is 2. The predicted molar refractivity (Wildman–Crippen MR) is 87.1 cm³/mol. The Morgan fingerprint density at radius 1 is 0.926 bits per heavy atom. The van der Waals surface area contributed by atoms with Crippen molar-refractivity contribution < 1.29 is 22.7 Å². The van der Waals surface area contributed by atoms with E-state index in [1.54, 1.807) is 0 Å². The number of aromatic hydroxyl groups is 1. The molecule has 0 amide bonds. The molecule has 4 rings (SSSR count). The van der Waals surface area contributed by atoms with Gasteiger partial charge in [0.15, 0.2) is 23.2 Å². The molecule has 3 aromatic rings. The number of phenols is 1. The molecule has 27 heavy (non-hydrogen) atoms. The van der Waals surface area contributed by atoms with E-state index in [-0.39, 0.29) is 18.1 Å². The lowest BCUT2D eigenvalue weighted by Crippen LogP contribution is -2.16. The van der Waals surface area contributed by atoms with Gasteiger partial charge in [0.1, 0.15) is 11.6 Å². The van der Waals surface area contributed by atoms with Gasteiger partial charge in [-0.2, -0.15) is 4.98 Å². The molecule has 5 nitrogen and oxygen atoms in total. The third-order valence-corrected chi connectivity index (χ3v) is 4.14. The molecule has 2 heterocycles. The Morgan fingerprint density at radius 2 is 1.67 bits per heavy atom. The van der Waals surface area contributed by atoms with Crippen molar-refractivity contribution in [3.63, 3.8) is 0 Å². The molecule has 1 aliphatic heterocycles. The maximum atomic E-state index is 14.7. The maximum Gasteiger partial charge on any atom is 0.272 e. The summed E-state index contributed by atoms with van der Waals surface area (Å²) in [4.78, 5) is 19.3. The lowest BCUT2D eigenvalue weighted by atomic mass is 9.98. The van der Waals surface area contributed by atoms with E-state index >= 15 is 0 Å². The number of hydrogen-bond acceptors (Lipinski definition) is 4. The largest absolute Gasteiger partial charge is 0.505 e. The molecule has 0 saturated heterocycles. The highest BCUT2D eigenvalue weighted by Gasteiger charge is 2.29. The molecule has 9 heteroatoms. The Morgan fingerprint density at radius 3 is 2.44 bits per heavy atom. The summed E-state index contributed by atoms with van der Waals surface area (Å²) in [5.74, 6) is -5.91. The normalized spacial score (nSPS) is 12.8. The minimum atomic E-state index is -1.38. The zero-order valence-corrected chi connectivity index (χ0v) is 13.4. The van der Waals surface area contributed by atoms with Gasteiger partial charge in [0.05, 0.1) is 29.1 Å². The van der Waals surface area contributed by atoms with Gasteiger partial charge < -0.3 is 9.67 Å². The average molecular weight is 375 g/mol. The van der Waals surface area contributed by atoms with E-state index in [4.69, 9.17) is 0 Å². The average Bonchev–Trinajstić information content (AvgIpc) is 2.79. The molecule has 0 spiro atoms. The summed E-state index contributed by atoms with van der Waals surface area (Å²) in [7, 11) is 0. The van der Waals surface area contributed by atoms with Crippen LogP contribution in [0.3, 0.4) is 0 Å². The summed E-state index contributed by atoms with van der Waals surface area (Å²) in [5.41, 5.74) is -2.45. The number of aliphatic imine (C=N–C) groups is 1. The molecule has 0 unspecified atom stereocenters. The fraction of sp³-hybridized carbons (Fsp3) is 0.0556. The first kappa shape index (κ1) is 17.0. The first-order valence-electron chi connectivity index (χ1n) is 7.67. The molecule has 0 radical (unpaired) electrons. The molecular formula is C18H9F4N3O2. The van der Waals surface area contributed by atoms with E-state index in [1.165, 1.54) is 16.8 Å². The van der Waals surface area contributed by atoms with Gasteiger partial charge in [0.25, 0.3) is 5.56 Å². The minimum Gasteiger partial charge on any atom is -0.505 e. The number of nitrogens with zero attached hydrogens (tertiary/aromatic N) is 3. The molecule has 1 aromatic heterocycles. The third-order valence-electron chi connectivity index (χ3n) is 4.14.